The molecule has 0 fully saturated rings. The minimum Gasteiger partial charge on any atom is -0.430 e. The Morgan fingerprint density at radius 1 is 1.44 bits per heavy atom. The minimum absolute atomic E-state index is 0.111. The maximum absolute atomic E-state index is 8.85. The Balaban J connectivity index is 2.20. The van der Waals surface area contributed by atoms with Crippen molar-refractivity contribution in [2.24, 2.45) is 0 Å². The van der Waals surface area contributed by atoms with Gasteiger partial charge < -0.3 is 9.84 Å². The van der Waals surface area contributed by atoms with Gasteiger partial charge in [-0.1, -0.05) is 32.4 Å². The third-order valence-electron chi connectivity index (χ3n) is 1.92. The van der Waals surface area contributed by atoms with Crippen molar-refractivity contribution in [3.8, 4) is 10.9 Å². The van der Waals surface area contributed by atoms with E-state index in [4.69, 9.17) is 9.84 Å². The Hall–Kier alpha value is -0.980. The second-order valence-electron chi connectivity index (χ2n) is 3.13. The monoisotopic (exact) mass is 300 g/mol. The minimum atomic E-state index is -0.111. The van der Waals surface area contributed by atoms with Crippen LogP contribution >= 0.6 is 27.3 Å². The van der Waals surface area contributed by atoms with E-state index in [0.29, 0.717) is 10.2 Å². The van der Waals surface area contributed by atoms with E-state index in [1.165, 1.54) is 11.3 Å². The van der Waals surface area contributed by atoms with E-state index in [-0.39, 0.29) is 6.61 Å². The first-order valence-corrected chi connectivity index (χ1v) is 6.17. The van der Waals surface area contributed by atoms with E-state index >= 15 is 0 Å². The summed E-state index contributed by atoms with van der Waals surface area (Å²) in [6.07, 6.45) is 0. The Kier molecular flexibility index (Phi) is 3.52. The smallest absolute Gasteiger partial charge is 0.299 e. The molecular formula is C10H9BrN2O2S. The number of hydrogen-bond donors (Lipinski definition) is 1. The highest BCUT2D eigenvalue weighted by atomic mass is 79.9. The second-order valence-corrected chi connectivity index (χ2v) is 5.07. The molecule has 1 aromatic carbocycles. The van der Waals surface area contributed by atoms with Gasteiger partial charge in [0.25, 0.3) is 5.19 Å². The first-order chi connectivity index (χ1) is 7.69. The van der Waals surface area contributed by atoms with E-state index in [0.717, 1.165) is 15.8 Å². The molecule has 0 aliphatic heterocycles. The van der Waals surface area contributed by atoms with Gasteiger partial charge in [0.2, 0.25) is 0 Å². The van der Waals surface area contributed by atoms with E-state index in [2.05, 4.69) is 26.1 Å². The van der Waals surface area contributed by atoms with Crippen LogP contribution in [0.3, 0.4) is 0 Å². The number of aliphatic hydroxyl groups excluding tert-OH is 1. The molecule has 0 spiro atoms. The molecule has 0 unspecified atom stereocenters. The molecule has 2 rings (SSSR count). The summed E-state index contributed by atoms with van der Waals surface area (Å²) in [4.78, 5) is 0. The summed E-state index contributed by atoms with van der Waals surface area (Å²) in [7, 11) is 0. The fourth-order valence-corrected chi connectivity index (χ4v) is 2.20. The fraction of sp³-hybridized carbons (Fsp3) is 0.200. The molecule has 1 aromatic heterocycles. The van der Waals surface area contributed by atoms with Crippen LogP contribution in [-0.4, -0.2) is 15.3 Å². The third kappa shape index (κ3) is 2.58. The summed E-state index contributed by atoms with van der Waals surface area (Å²) in [6, 6.07) is 5.72. The maximum atomic E-state index is 8.85. The van der Waals surface area contributed by atoms with E-state index in [1.54, 1.807) is 0 Å². The summed E-state index contributed by atoms with van der Waals surface area (Å²) in [5.74, 6) is 0.740. The average molecular weight is 301 g/mol. The lowest BCUT2D eigenvalue weighted by atomic mass is 10.2. The van der Waals surface area contributed by atoms with Gasteiger partial charge in [-0.05, 0) is 30.7 Å². The van der Waals surface area contributed by atoms with Crippen LogP contribution in [-0.2, 0) is 6.61 Å². The van der Waals surface area contributed by atoms with Crippen LogP contribution in [0.1, 0.15) is 10.6 Å². The summed E-state index contributed by atoms with van der Waals surface area (Å²) < 4.78 is 6.56. The quantitative estimate of drug-likeness (QED) is 0.947. The lowest BCUT2D eigenvalue weighted by molar-refractivity contribution is 0.280. The Bertz CT molecular complexity index is 501. The normalized spacial score (nSPS) is 10.4. The highest BCUT2D eigenvalue weighted by molar-refractivity contribution is 9.10. The highest BCUT2D eigenvalue weighted by Gasteiger charge is 2.07. The number of aryl methyl sites for hydroxylation is 1. The zero-order valence-electron chi connectivity index (χ0n) is 8.48. The van der Waals surface area contributed by atoms with Crippen LogP contribution < -0.4 is 4.74 Å². The van der Waals surface area contributed by atoms with Gasteiger partial charge in [0.05, 0.1) is 6.61 Å². The van der Waals surface area contributed by atoms with E-state index < -0.39 is 0 Å². The zero-order valence-corrected chi connectivity index (χ0v) is 10.9. The van der Waals surface area contributed by atoms with Crippen LogP contribution in [0.25, 0.3) is 0 Å². The van der Waals surface area contributed by atoms with Crippen molar-refractivity contribution in [2.45, 2.75) is 13.5 Å². The second kappa shape index (κ2) is 4.90. The van der Waals surface area contributed by atoms with Crippen molar-refractivity contribution in [1.29, 1.82) is 0 Å². The number of aliphatic hydroxyl groups is 1. The van der Waals surface area contributed by atoms with Crippen molar-refractivity contribution in [3.63, 3.8) is 0 Å². The first kappa shape index (κ1) is 11.5. The highest BCUT2D eigenvalue weighted by Crippen LogP contribution is 2.29. The zero-order chi connectivity index (χ0) is 11.5. The Morgan fingerprint density at radius 3 is 2.88 bits per heavy atom. The molecule has 1 heterocycles. The van der Waals surface area contributed by atoms with Crippen LogP contribution in [0.2, 0.25) is 0 Å². The molecule has 0 saturated carbocycles. The summed E-state index contributed by atoms with van der Waals surface area (Å²) in [5.41, 5.74) is 1.01. The van der Waals surface area contributed by atoms with Crippen molar-refractivity contribution >= 4 is 27.3 Å². The number of halogens is 1. The van der Waals surface area contributed by atoms with Gasteiger partial charge in [-0.15, -0.1) is 5.10 Å². The van der Waals surface area contributed by atoms with Gasteiger partial charge in [0.1, 0.15) is 10.8 Å². The van der Waals surface area contributed by atoms with Gasteiger partial charge in [-0.25, -0.2) is 0 Å². The summed E-state index contributed by atoms with van der Waals surface area (Å²) in [5, 5.41) is 17.4. The topological polar surface area (TPSA) is 55.2 Å². The van der Waals surface area contributed by atoms with Crippen LogP contribution in [0.15, 0.2) is 22.7 Å². The van der Waals surface area contributed by atoms with E-state index in [1.807, 2.05) is 25.1 Å². The lowest BCUT2D eigenvalue weighted by Crippen LogP contribution is -1.86. The van der Waals surface area contributed by atoms with Gasteiger partial charge in [-0.2, -0.15) is 0 Å². The van der Waals surface area contributed by atoms with Crippen LogP contribution in [0, 0.1) is 6.92 Å². The number of benzene rings is 1. The van der Waals surface area contributed by atoms with Crippen LogP contribution in [0.4, 0.5) is 0 Å². The van der Waals surface area contributed by atoms with Crippen molar-refractivity contribution in [1.82, 2.24) is 10.2 Å². The number of aromatic nitrogens is 2. The molecule has 2 aromatic rings. The molecule has 84 valence electrons. The molecule has 1 N–H and O–H groups in total. The molecule has 0 atom stereocenters. The van der Waals surface area contributed by atoms with Gasteiger partial charge >= 0.3 is 0 Å². The molecule has 16 heavy (non-hydrogen) atoms. The maximum Gasteiger partial charge on any atom is 0.299 e. The largest absolute Gasteiger partial charge is 0.430 e. The standard InChI is InChI=1S/C10H9BrN2O2S/c1-6-4-7(11)2-3-8(6)15-10-13-12-9(5-14)16-10/h2-4,14H,5H2,1H3. The molecule has 4 nitrogen and oxygen atoms in total. The first-order valence-electron chi connectivity index (χ1n) is 4.56. The van der Waals surface area contributed by atoms with Crippen molar-refractivity contribution in [2.75, 3.05) is 0 Å². The molecule has 0 amide bonds. The number of rotatable bonds is 3. The molecule has 0 bridgehead atoms. The predicted molar refractivity (Wildman–Crippen MR) is 64.8 cm³/mol. The summed E-state index contributed by atoms with van der Waals surface area (Å²) >= 11 is 4.62. The molecule has 0 saturated heterocycles. The van der Waals surface area contributed by atoms with Gasteiger partial charge in [-0.3, -0.25) is 0 Å². The van der Waals surface area contributed by atoms with Crippen molar-refractivity contribution < 1.29 is 9.84 Å². The number of hydrogen-bond acceptors (Lipinski definition) is 5. The number of nitrogens with zero attached hydrogens (tertiary/aromatic N) is 2. The molecular weight excluding hydrogens is 292 g/mol. The lowest BCUT2D eigenvalue weighted by Gasteiger charge is -2.04. The van der Waals surface area contributed by atoms with Gasteiger partial charge in [0, 0.05) is 4.47 Å². The molecule has 0 aliphatic rings. The third-order valence-corrected chi connectivity index (χ3v) is 3.20. The Labute approximate surface area is 105 Å². The average Bonchev–Trinajstić information content (AvgIpc) is 2.70. The van der Waals surface area contributed by atoms with Crippen LogP contribution in [0.5, 0.6) is 10.9 Å². The van der Waals surface area contributed by atoms with Gasteiger partial charge in [0.15, 0.2) is 0 Å². The summed E-state index contributed by atoms with van der Waals surface area (Å²) in [6.45, 7) is 1.84. The fourth-order valence-electron chi connectivity index (χ4n) is 1.16. The molecule has 0 aliphatic carbocycles. The van der Waals surface area contributed by atoms with E-state index in [9.17, 15) is 0 Å². The number of ether oxygens (including phenoxy) is 1. The molecule has 6 heteroatoms. The molecule has 0 radical (unpaired) electrons. The SMILES string of the molecule is Cc1cc(Br)ccc1Oc1nnc(CO)s1. The predicted octanol–water partition coefficient (Wildman–Crippen LogP) is 2.89. The van der Waals surface area contributed by atoms with Crippen molar-refractivity contribution in [3.05, 3.63) is 33.2 Å². The Morgan fingerprint density at radius 2 is 2.25 bits per heavy atom.